The van der Waals surface area contributed by atoms with E-state index in [4.69, 9.17) is 28.6 Å². The molecule has 2 amide bonds. The number of rotatable bonds is 5. The maximum atomic E-state index is 12.0. The van der Waals surface area contributed by atoms with Gasteiger partial charge in [0.15, 0.2) is 11.7 Å². The molecule has 0 aliphatic rings. The molecule has 6 nitrogen and oxygen atoms in total. The number of halogens is 1. The predicted octanol–water partition coefficient (Wildman–Crippen LogP) is 3.49. The summed E-state index contributed by atoms with van der Waals surface area (Å²) < 4.78 is 5.64. The van der Waals surface area contributed by atoms with E-state index < -0.39 is 11.8 Å². The summed E-state index contributed by atoms with van der Waals surface area (Å²) in [7, 11) is 0. The molecule has 2 aromatic rings. The number of carbonyl (C=O) groups is 2. The van der Waals surface area contributed by atoms with Crippen LogP contribution in [0, 0.1) is 6.92 Å². The maximum Gasteiger partial charge on any atom is 0.276 e. The van der Waals surface area contributed by atoms with Crippen molar-refractivity contribution in [2.45, 2.75) is 26.7 Å². The van der Waals surface area contributed by atoms with Crippen molar-refractivity contribution < 1.29 is 14.3 Å². The minimum absolute atomic E-state index is 0.0354. The largest absolute Gasteiger partial charge is 0.483 e. The third-order valence-corrected chi connectivity index (χ3v) is 4.25. The Labute approximate surface area is 174 Å². The van der Waals surface area contributed by atoms with Gasteiger partial charge in [-0.2, -0.15) is 0 Å². The average Bonchev–Trinajstić information content (AvgIpc) is 2.65. The molecule has 2 aromatic carbocycles. The smallest absolute Gasteiger partial charge is 0.276 e. The molecule has 0 aliphatic heterocycles. The van der Waals surface area contributed by atoms with Crippen molar-refractivity contribution >= 4 is 40.7 Å². The summed E-state index contributed by atoms with van der Waals surface area (Å²) in [5.74, 6) is 0.0940. The second kappa shape index (κ2) is 10.1. The topological polar surface area (TPSA) is 79.5 Å². The third kappa shape index (κ3) is 6.51. The van der Waals surface area contributed by atoms with Crippen molar-refractivity contribution in [3.8, 4) is 5.75 Å². The number of amides is 2. The minimum Gasteiger partial charge on any atom is -0.483 e. The molecule has 28 heavy (non-hydrogen) atoms. The van der Waals surface area contributed by atoms with E-state index in [0.29, 0.717) is 16.3 Å². The molecule has 0 aromatic heterocycles. The zero-order chi connectivity index (χ0) is 20.7. The summed E-state index contributed by atoms with van der Waals surface area (Å²) in [5, 5.41) is 2.95. The first-order valence-corrected chi connectivity index (χ1v) is 9.44. The summed E-state index contributed by atoms with van der Waals surface area (Å²) in [4.78, 5) is 24.0. The molecule has 0 saturated carbocycles. The summed E-state index contributed by atoms with van der Waals surface area (Å²) in [5.41, 5.74) is 7.33. The van der Waals surface area contributed by atoms with Crippen LogP contribution in [-0.2, 0) is 4.79 Å². The van der Waals surface area contributed by atoms with Gasteiger partial charge >= 0.3 is 0 Å². The highest BCUT2D eigenvalue weighted by atomic mass is 35.5. The van der Waals surface area contributed by atoms with Gasteiger partial charge in [-0.3, -0.25) is 25.8 Å². The van der Waals surface area contributed by atoms with E-state index in [1.807, 2.05) is 25.1 Å². The Morgan fingerprint density at radius 2 is 1.79 bits per heavy atom. The number of aryl methyl sites for hydroxylation is 1. The van der Waals surface area contributed by atoms with Crippen molar-refractivity contribution in [1.82, 2.24) is 16.2 Å². The molecule has 8 heteroatoms. The van der Waals surface area contributed by atoms with Crippen molar-refractivity contribution in [1.29, 1.82) is 0 Å². The number of carbonyl (C=O) groups excluding carboxylic acids is 2. The van der Waals surface area contributed by atoms with Gasteiger partial charge in [0.25, 0.3) is 11.8 Å². The first-order chi connectivity index (χ1) is 13.3. The minimum atomic E-state index is -0.431. The number of ether oxygens (including phenoxy) is 1. The first kappa shape index (κ1) is 21.7. The van der Waals surface area contributed by atoms with Crippen molar-refractivity contribution in [3.63, 3.8) is 0 Å². The lowest BCUT2D eigenvalue weighted by molar-refractivity contribution is -0.123. The Morgan fingerprint density at radius 3 is 2.43 bits per heavy atom. The van der Waals surface area contributed by atoms with Gasteiger partial charge in [-0.05, 0) is 66.5 Å². The van der Waals surface area contributed by atoms with Gasteiger partial charge in [0.1, 0.15) is 5.75 Å². The Hall–Kier alpha value is -2.64. The summed E-state index contributed by atoms with van der Waals surface area (Å²) in [6, 6.07) is 12.2. The van der Waals surface area contributed by atoms with Crippen LogP contribution < -0.4 is 20.9 Å². The highest BCUT2D eigenvalue weighted by Gasteiger charge is 2.11. The molecule has 0 atom stereocenters. The fourth-order valence-corrected chi connectivity index (χ4v) is 2.63. The fraction of sp³-hybridized carbons (Fsp3) is 0.250. The molecule has 148 valence electrons. The zero-order valence-electron chi connectivity index (χ0n) is 15.8. The Balaban J connectivity index is 1.81. The number of nitrogens with one attached hydrogen (secondary N) is 3. The monoisotopic (exact) mass is 419 g/mol. The van der Waals surface area contributed by atoms with E-state index in [1.54, 1.807) is 24.3 Å². The van der Waals surface area contributed by atoms with E-state index in [-0.39, 0.29) is 17.6 Å². The van der Waals surface area contributed by atoms with E-state index in [2.05, 4.69) is 30.0 Å². The molecule has 0 heterocycles. The summed E-state index contributed by atoms with van der Waals surface area (Å²) in [6.45, 7) is 5.88. The van der Waals surface area contributed by atoms with E-state index >= 15 is 0 Å². The number of hydrogen-bond acceptors (Lipinski definition) is 4. The molecular weight excluding hydrogens is 398 g/mol. The Morgan fingerprint density at radius 1 is 1.11 bits per heavy atom. The van der Waals surface area contributed by atoms with Gasteiger partial charge in [0.05, 0.1) is 0 Å². The van der Waals surface area contributed by atoms with Gasteiger partial charge in [-0.15, -0.1) is 0 Å². The lowest BCUT2D eigenvalue weighted by Crippen LogP contribution is -2.49. The summed E-state index contributed by atoms with van der Waals surface area (Å²) >= 11 is 10.8. The van der Waals surface area contributed by atoms with Crippen molar-refractivity contribution in [2.24, 2.45) is 0 Å². The van der Waals surface area contributed by atoms with Crippen LogP contribution in [0.25, 0.3) is 0 Å². The van der Waals surface area contributed by atoms with Gasteiger partial charge in [0, 0.05) is 10.6 Å². The van der Waals surface area contributed by atoms with Crippen LogP contribution in [-0.4, -0.2) is 23.5 Å². The molecule has 2 rings (SSSR count). The van der Waals surface area contributed by atoms with Crippen LogP contribution in [0.5, 0.6) is 5.75 Å². The average molecular weight is 420 g/mol. The third-order valence-electron chi connectivity index (χ3n) is 3.80. The van der Waals surface area contributed by atoms with Crippen molar-refractivity contribution in [2.75, 3.05) is 6.61 Å². The maximum absolute atomic E-state index is 12.0. The molecule has 0 aliphatic carbocycles. The van der Waals surface area contributed by atoms with Crippen LogP contribution in [0.2, 0.25) is 5.02 Å². The van der Waals surface area contributed by atoms with Crippen LogP contribution in [0.15, 0.2) is 42.5 Å². The fourth-order valence-electron chi connectivity index (χ4n) is 2.36. The normalized spacial score (nSPS) is 10.3. The lowest BCUT2D eigenvalue weighted by Gasteiger charge is -2.15. The number of hydrogen-bond donors (Lipinski definition) is 3. The highest BCUT2D eigenvalue weighted by molar-refractivity contribution is 7.80. The molecule has 0 unspecified atom stereocenters. The van der Waals surface area contributed by atoms with Gasteiger partial charge in [0.2, 0.25) is 0 Å². The molecule has 0 bridgehead atoms. The first-order valence-electron chi connectivity index (χ1n) is 8.65. The van der Waals surface area contributed by atoms with E-state index in [0.717, 1.165) is 11.1 Å². The van der Waals surface area contributed by atoms with Gasteiger partial charge in [-0.25, -0.2) is 0 Å². The number of benzene rings is 2. The second-order valence-corrected chi connectivity index (χ2v) is 7.29. The quantitative estimate of drug-likeness (QED) is 0.510. The molecule has 0 saturated heterocycles. The number of thiocarbonyl (C=S) groups is 1. The molecule has 3 N–H and O–H groups in total. The van der Waals surface area contributed by atoms with Crippen LogP contribution in [0.4, 0.5) is 0 Å². The molecule has 0 spiro atoms. The highest BCUT2D eigenvalue weighted by Crippen LogP contribution is 2.27. The van der Waals surface area contributed by atoms with Crippen LogP contribution in [0.1, 0.15) is 41.3 Å². The molecular formula is C20H22ClN3O3S. The van der Waals surface area contributed by atoms with E-state index in [9.17, 15) is 9.59 Å². The standard InChI is InChI=1S/C20H22ClN3O3S/c1-12(2)16-9-4-13(3)10-17(16)27-11-18(25)23-24-20(28)22-19(26)14-5-7-15(21)8-6-14/h4-10,12H,11H2,1-3H3,(H,23,25)(H2,22,24,26,28). The Bertz CT molecular complexity index is 869. The zero-order valence-corrected chi connectivity index (χ0v) is 17.4. The van der Waals surface area contributed by atoms with E-state index in [1.165, 1.54) is 0 Å². The van der Waals surface area contributed by atoms with Crippen LogP contribution in [0.3, 0.4) is 0 Å². The van der Waals surface area contributed by atoms with Crippen LogP contribution >= 0.6 is 23.8 Å². The summed E-state index contributed by atoms with van der Waals surface area (Å²) in [6.07, 6.45) is 0. The number of hydrazine groups is 1. The van der Waals surface area contributed by atoms with Gasteiger partial charge in [-0.1, -0.05) is 37.6 Å². The molecule has 0 fully saturated rings. The molecule has 0 radical (unpaired) electrons. The lowest BCUT2D eigenvalue weighted by atomic mass is 10.0. The van der Waals surface area contributed by atoms with Crippen molar-refractivity contribution in [3.05, 3.63) is 64.2 Å². The van der Waals surface area contributed by atoms with Gasteiger partial charge < -0.3 is 4.74 Å². The SMILES string of the molecule is Cc1ccc(C(C)C)c(OCC(=O)NNC(=S)NC(=O)c2ccc(Cl)cc2)c1. The Kier molecular flexibility index (Phi) is 7.78. The predicted molar refractivity (Wildman–Crippen MR) is 114 cm³/mol. The second-order valence-electron chi connectivity index (χ2n) is 6.45.